The summed E-state index contributed by atoms with van der Waals surface area (Å²) in [6.07, 6.45) is 1.06. The third-order valence-electron chi connectivity index (χ3n) is 5.03. The molecule has 0 aromatic heterocycles. The quantitative estimate of drug-likeness (QED) is 0.234. The average molecular weight is 504 g/mol. The first-order valence-electron chi connectivity index (χ1n) is 9.97. The fraction of sp³-hybridized carbons (Fsp3) is 0.667. The second kappa shape index (κ2) is 13.3. The van der Waals surface area contributed by atoms with E-state index in [-0.39, 0.29) is 35.6 Å². The highest BCUT2D eigenvalue weighted by Gasteiger charge is 2.28. The summed E-state index contributed by atoms with van der Waals surface area (Å²) >= 11 is 0. The molecule has 7 heteroatoms. The summed E-state index contributed by atoms with van der Waals surface area (Å²) in [5, 5.41) is 6.82. The number of halogens is 1. The molecule has 6 nitrogen and oxygen atoms in total. The summed E-state index contributed by atoms with van der Waals surface area (Å²) in [6.45, 7) is 12.6. The van der Waals surface area contributed by atoms with E-state index >= 15 is 0 Å². The predicted molar refractivity (Wildman–Crippen MR) is 127 cm³/mol. The Labute approximate surface area is 187 Å². The van der Waals surface area contributed by atoms with Crippen molar-refractivity contribution < 1.29 is 9.47 Å². The second-order valence-corrected chi connectivity index (χ2v) is 7.54. The molecule has 1 heterocycles. The second-order valence-electron chi connectivity index (χ2n) is 7.54. The lowest BCUT2D eigenvalue weighted by Gasteiger charge is -2.41. The van der Waals surface area contributed by atoms with Gasteiger partial charge in [0.15, 0.2) is 5.96 Å². The topological polar surface area (TPSA) is 58.1 Å². The summed E-state index contributed by atoms with van der Waals surface area (Å²) < 4.78 is 11.4. The lowest BCUT2D eigenvalue weighted by atomic mass is 10.0. The number of hydrogen-bond acceptors (Lipinski definition) is 4. The van der Waals surface area contributed by atoms with Crippen LogP contribution in [0.25, 0.3) is 0 Å². The van der Waals surface area contributed by atoms with E-state index in [1.165, 1.54) is 5.56 Å². The molecule has 1 aliphatic rings. The Morgan fingerprint density at radius 1 is 1.21 bits per heavy atom. The van der Waals surface area contributed by atoms with E-state index in [2.05, 4.69) is 53.4 Å². The van der Waals surface area contributed by atoms with Crippen LogP contribution in [-0.4, -0.2) is 69.4 Å². The fourth-order valence-corrected chi connectivity index (χ4v) is 3.16. The van der Waals surface area contributed by atoms with Crippen LogP contribution in [-0.2, 0) is 9.47 Å². The molecule has 2 N–H and O–H groups in total. The molecule has 0 radical (unpaired) electrons. The van der Waals surface area contributed by atoms with Crippen LogP contribution in [0.15, 0.2) is 35.3 Å². The van der Waals surface area contributed by atoms with Gasteiger partial charge < -0.3 is 20.1 Å². The lowest BCUT2D eigenvalue weighted by molar-refractivity contribution is -0.00834. The van der Waals surface area contributed by atoms with Crippen LogP contribution >= 0.6 is 24.0 Å². The van der Waals surface area contributed by atoms with Gasteiger partial charge in [0.1, 0.15) is 0 Å². The Morgan fingerprint density at radius 3 is 2.54 bits per heavy atom. The maximum atomic E-state index is 5.92. The van der Waals surface area contributed by atoms with E-state index < -0.39 is 0 Å². The Hall–Kier alpha value is -0.900. The van der Waals surface area contributed by atoms with Gasteiger partial charge in [-0.15, -0.1) is 24.0 Å². The molecule has 1 aromatic carbocycles. The van der Waals surface area contributed by atoms with E-state index in [1.54, 1.807) is 0 Å². The van der Waals surface area contributed by atoms with E-state index in [1.807, 2.05) is 25.2 Å². The molecular formula is C21H37IN4O2. The molecule has 1 atom stereocenters. The van der Waals surface area contributed by atoms with E-state index in [4.69, 9.17) is 9.47 Å². The Bertz CT molecular complexity index is 563. The zero-order valence-corrected chi connectivity index (χ0v) is 20.1. The van der Waals surface area contributed by atoms with Gasteiger partial charge in [-0.3, -0.25) is 9.89 Å². The third kappa shape index (κ3) is 8.63. The molecule has 1 aliphatic heterocycles. The number of aliphatic imine (C=N–C) groups is 1. The highest BCUT2D eigenvalue weighted by molar-refractivity contribution is 14.0. The van der Waals surface area contributed by atoms with Crippen LogP contribution in [0.2, 0.25) is 0 Å². The zero-order chi connectivity index (χ0) is 19.5. The molecule has 2 rings (SSSR count). The first-order valence-corrected chi connectivity index (χ1v) is 9.97. The van der Waals surface area contributed by atoms with Crippen molar-refractivity contribution in [2.75, 3.05) is 53.0 Å². The molecule has 1 aromatic rings. The van der Waals surface area contributed by atoms with Gasteiger partial charge in [-0.05, 0) is 32.8 Å². The van der Waals surface area contributed by atoms with Crippen molar-refractivity contribution in [2.45, 2.75) is 38.8 Å². The van der Waals surface area contributed by atoms with Gasteiger partial charge >= 0.3 is 0 Å². The van der Waals surface area contributed by atoms with Crippen molar-refractivity contribution in [3.05, 3.63) is 35.9 Å². The van der Waals surface area contributed by atoms with Crippen LogP contribution in [0.3, 0.4) is 0 Å². The number of hydrogen-bond donors (Lipinski definition) is 2. The first-order chi connectivity index (χ1) is 13.0. The average Bonchev–Trinajstić information content (AvgIpc) is 2.71. The van der Waals surface area contributed by atoms with Crippen LogP contribution in [0.5, 0.6) is 0 Å². The number of morpholine rings is 1. The number of guanidine groups is 1. The van der Waals surface area contributed by atoms with Crippen molar-refractivity contribution in [1.29, 1.82) is 0 Å². The summed E-state index contributed by atoms with van der Waals surface area (Å²) in [5.74, 6) is 0.840. The summed E-state index contributed by atoms with van der Waals surface area (Å²) in [7, 11) is 1.81. The molecule has 0 bridgehead atoms. The van der Waals surface area contributed by atoms with Gasteiger partial charge in [-0.25, -0.2) is 0 Å². The lowest BCUT2D eigenvalue weighted by Crippen LogP contribution is -2.56. The smallest absolute Gasteiger partial charge is 0.191 e. The minimum absolute atomic E-state index is 0. The van der Waals surface area contributed by atoms with E-state index in [0.29, 0.717) is 0 Å². The molecule has 160 valence electrons. The highest BCUT2D eigenvalue weighted by atomic mass is 127. The molecule has 0 aliphatic carbocycles. The fourth-order valence-electron chi connectivity index (χ4n) is 3.16. The molecule has 28 heavy (non-hydrogen) atoms. The van der Waals surface area contributed by atoms with Crippen molar-refractivity contribution >= 4 is 29.9 Å². The predicted octanol–water partition coefficient (Wildman–Crippen LogP) is 3.05. The van der Waals surface area contributed by atoms with Crippen molar-refractivity contribution in [3.63, 3.8) is 0 Å². The number of ether oxygens (including phenoxy) is 2. The summed E-state index contributed by atoms with van der Waals surface area (Å²) in [5.41, 5.74) is 1.28. The van der Waals surface area contributed by atoms with Gasteiger partial charge in [-0.2, -0.15) is 0 Å². The normalized spacial score (nSPS) is 16.9. The standard InChI is InChI=1S/C21H36N4O2.HI/c1-18(19-9-6-5-7-10-19)27-14-8-11-23-20(22-4)24-17-21(2,3)25-12-15-26-16-13-25;/h5-7,9-10,18H,8,11-17H2,1-4H3,(H2,22,23,24);1H. The first kappa shape index (κ1) is 25.1. The third-order valence-corrected chi connectivity index (χ3v) is 5.03. The summed E-state index contributed by atoms with van der Waals surface area (Å²) in [4.78, 5) is 6.79. The Balaban J connectivity index is 0.00000392. The van der Waals surface area contributed by atoms with Crippen molar-refractivity contribution in [3.8, 4) is 0 Å². The van der Waals surface area contributed by atoms with E-state index in [9.17, 15) is 0 Å². The largest absolute Gasteiger partial charge is 0.379 e. The van der Waals surface area contributed by atoms with Crippen LogP contribution in [0, 0.1) is 0 Å². The van der Waals surface area contributed by atoms with Crippen molar-refractivity contribution in [2.24, 2.45) is 4.99 Å². The minimum Gasteiger partial charge on any atom is -0.379 e. The van der Waals surface area contributed by atoms with Crippen LogP contribution in [0.1, 0.15) is 38.9 Å². The maximum Gasteiger partial charge on any atom is 0.191 e. The zero-order valence-electron chi connectivity index (χ0n) is 17.7. The molecular weight excluding hydrogens is 467 g/mol. The number of nitrogens with one attached hydrogen (secondary N) is 2. The van der Waals surface area contributed by atoms with Crippen LogP contribution in [0.4, 0.5) is 0 Å². The van der Waals surface area contributed by atoms with Gasteiger partial charge in [0.2, 0.25) is 0 Å². The molecule has 0 amide bonds. The minimum atomic E-state index is 0. The molecule has 1 fully saturated rings. The van der Waals surface area contributed by atoms with Gasteiger partial charge in [0, 0.05) is 45.4 Å². The van der Waals surface area contributed by atoms with Crippen molar-refractivity contribution in [1.82, 2.24) is 15.5 Å². The molecule has 1 saturated heterocycles. The van der Waals surface area contributed by atoms with Crippen LogP contribution < -0.4 is 10.6 Å². The Kier molecular flexibility index (Phi) is 12.0. The van der Waals surface area contributed by atoms with Gasteiger partial charge in [-0.1, -0.05) is 30.3 Å². The number of benzene rings is 1. The molecule has 1 unspecified atom stereocenters. The van der Waals surface area contributed by atoms with Gasteiger partial charge in [0.05, 0.1) is 19.3 Å². The maximum absolute atomic E-state index is 5.92. The number of rotatable bonds is 9. The summed E-state index contributed by atoms with van der Waals surface area (Å²) in [6, 6.07) is 10.3. The highest BCUT2D eigenvalue weighted by Crippen LogP contribution is 2.16. The van der Waals surface area contributed by atoms with E-state index in [0.717, 1.165) is 58.4 Å². The monoisotopic (exact) mass is 504 g/mol. The Morgan fingerprint density at radius 2 is 1.89 bits per heavy atom. The number of nitrogens with zero attached hydrogens (tertiary/aromatic N) is 2. The SMILES string of the molecule is CN=C(NCCCOC(C)c1ccccc1)NCC(C)(C)N1CCOCC1.I. The molecule has 0 saturated carbocycles. The molecule has 0 spiro atoms. The van der Waals surface area contributed by atoms with Gasteiger partial charge in [0.25, 0.3) is 0 Å².